The lowest BCUT2D eigenvalue weighted by atomic mass is 10.0. The zero-order valence-electron chi connectivity index (χ0n) is 57.6. The molecule has 13 aromatic carbocycles. The summed E-state index contributed by atoms with van der Waals surface area (Å²) in [6, 6.07) is 77.6. The maximum Gasteiger partial charge on any atom is 0.231 e. The highest BCUT2D eigenvalue weighted by Gasteiger charge is 2.29. The van der Waals surface area contributed by atoms with Crippen molar-refractivity contribution in [3.63, 3.8) is 0 Å². The highest BCUT2D eigenvalue weighted by atomic mass is 32.2. The van der Waals surface area contributed by atoms with Gasteiger partial charge in [-0.1, -0.05) is 140 Å². The van der Waals surface area contributed by atoms with Gasteiger partial charge in [0.05, 0.1) is 40.3 Å². The first kappa shape index (κ1) is 69.9. The molecule has 0 saturated carbocycles. The summed E-state index contributed by atoms with van der Waals surface area (Å²) in [4.78, 5) is 89.0. The third kappa shape index (κ3) is 13.2. The van der Waals surface area contributed by atoms with Crippen molar-refractivity contribution in [2.24, 2.45) is 0 Å². The van der Waals surface area contributed by atoms with E-state index in [0.29, 0.717) is 46.0 Å². The summed E-state index contributed by atoms with van der Waals surface area (Å²) < 4.78 is 21.0. The number of ether oxygens (including phenoxy) is 2. The largest absolute Gasteiger partial charge is 0.456 e. The monoisotopic (exact) mass is 1560 g/mol. The van der Waals surface area contributed by atoms with E-state index >= 15 is 0 Å². The lowest BCUT2D eigenvalue weighted by Crippen LogP contribution is -1.97. The number of Topliss-reactive ketones (excluding diaryl/α,β-unsaturated/α-hetero) is 7. The Labute approximate surface area is 652 Å². The lowest BCUT2D eigenvalue weighted by molar-refractivity contribution is 0.101. The van der Waals surface area contributed by atoms with E-state index in [4.69, 9.17) is 13.9 Å². The fourth-order valence-corrected chi connectivity index (χ4v) is 22.6. The van der Waals surface area contributed by atoms with Gasteiger partial charge in [-0.2, -0.15) is 0 Å². The van der Waals surface area contributed by atoms with E-state index in [0.717, 1.165) is 124 Å². The molecule has 0 N–H and O–H groups in total. The number of aryl methyl sites for hydroxylation is 1. The standard InChI is InChI=1S/C16H13NOS.C14H8O2S.C14H8OS2.3C12H8OS.C9H6O3S/c1-2-17-13-6-4-3-5-10(13)11-8-16-12(7-14(11)17)15(18)9-19-16;15-11-7-17-14-6-9-8-3-1-2-4-12(8)16-13(9)5-10(11)14;15-11-7-16-13-5-9-8-3-1-2-4-12(8)17-14(9)6-10(11)13;13-11-7-14-12-6-9-4-2-1-3-8(9)5-10(11)12;13-10-7-14-11-6-5-8-3-1-2-4-9(8)12(10)11;13-11-7-14-12-9-4-2-1-3-8(9)5-6-10(11)12;10-6-3-13-9-2-8-7(1-5(6)9)11-4-12-8/h3-8H,2,9H2,1H3;2*1-6H,7H2;3*1-6H,7H2;1-2H,3-4H2. The van der Waals surface area contributed by atoms with Gasteiger partial charge in [-0.15, -0.1) is 93.7 Å². The van der Waals surface area contributed by atoms with Crippen LogP contribution in [0.3, 0.4) is 0 Å². The van der Waals surface area contributed by atoms with Crippen LogP contribution in [-0.4, -0.2) is 92.1 Å². The van der Waals surface area contributed by atoms with E-state index in [1.54, 1.807) is 99.7 Å². The summed E-state index contributed by atoms with van der Waals surface area (Å²) in [5.74, 6) is 7.22. The molecular formula is C89H59NO10S8. The van der Waals surface area contributed by atoms with Crippen LogP contribution in [0.15, 0.2) is 269 Å². The fraction of sp³-hybridized carbons (Fsp3) is 0.112. The van der Waals surface area contributed by atoms with E-state index < -0.39 is 0 Å². The average molecular weight is 1560 g/mol. The predicted molar refractivity (Wildman–Crippen MR) is 448 cm³/mol. The molecule has 11 heterocycles. The van der Waals surface area contributed by atoms with E-state index in [1.165, 1.54) is 58.1 Å². The van der Waals surface area contributed by atoms with Gasteiger partial charge in [-0.25, -0.2) is 0 Å². The van der Waals surface area contributed by atoms with Crippen molar-refractivity contribution < 1.29 is 47.5 Å². The number of carbonyl (C=O) groups excluding carboxylic acids is 7. The number of para-hydroxylation sites is 2. The van der Waals surface area contributed by atoms with Gasteiger partial charge in [0, 0.05) is 133 Å². The predicted octanol–water partition coefficient (Wildman–Crippen LogP) is 23.4. The Bertz CT molecular complexity index is 6400. The number of rotatable bonds is 1. The normalized spacial score (nSPS) is 15.0. The van der Waals surface area contributed by atoms with Crippen molar-refractivity contribution >= 4 is 230 Å². The molecular weight excluding hydrogens is 1500 g/mol. The number of hydrogen-bond donors (Lipinski definition) is 0. The molecule has 8 aliphatic rings. The molecule has 11 nitrogen and oxygen atoms in total. The molecule has 0 amide bonds. The maximum atomic E-state index is 11.9. The molecule has 0 unspecified atom stereocenters. The smallest absolute Gasteiger partial charge is 0.231 e. The van der Waals surface area contributed by atoms with Crippen LogP contribution in [0.5, 0.6) is 11.5 Å². The third-order valence-corrected chi connectivity index (χ3v) is 28.4. The Morgan fingerprint density at radius 2 is 0.778 bits per heavy atom. The molecule has 0 fully saturated rings. The Morgan fingerprint density at radius 3 is 1.47 bits per heavy atom. The summed E-state index contributed by atoms with van der Waals surface area (Å²) in [7, 11) is 0. The number of fused-ring (bicyclic) bond motifs is 22. The van der Waals surface area contributed by atoms with Crippen molar-refractivity contribution in [1.82, 2.24) is 4.57 Å². The number of nitrogens with zero attached hydrogens (tertiary/aromatic N) is 1. The van der Waals surface area contributed by atoms with Crippen LogP contribution in [0.1, 0.15) is 79.4 Å². The van der Waals surface area contributed by atoms with Gasteiger partial charge in [0.25, 0.3) is 0 Å². The Kier molecular flexibility index (Phi) is 19.2. The summed E-state index contributed by atoms with van der Waals surface area (Å²) in [6.45, 7) is 3.33. The van der Waals surface area contributed by atoms with Crippen molar-refractivity contribution in [3.8, 4) is 11.5 Å². The van der Waals surface area contributed by atoms with Gasteiger partial charge in [-0.3, -0.25) is 33.6 Å². The van der Waals surface area contributed by atoms with Crippen LogP contribution in [0.25, 0.3) is 96.2 Å². The minimum atomic E-state index is 0.179. The van der Waals surface area contributed by atoms with Crippen LogP contribution in [0.2, 0.25) is 0 Å². The molecule has 528 valence electrons. The second kappa shape index (κ2) is 29.6. The number of aromatic nitrogens is 1. The molecule has 108 heavy (non-hydrogen) atoms. The van der Waals surface area contributed by atoms with E-state index in [9.17, 15) is 33.6 Å². The first-order valence-corrected chi connectivity index (χ1v) is 42.7. The Balaban J connectivity index is 0.0000000892. The Hall–Kier alpha value is -9.80. The SMILES string of the molecule is CCn1c2ccccc2c2cc3c(cc21)C(=O)CS3.O=C1CSc2c1ccc1ccccc21.O=C1CSc2cc3c(cc21)OCO3.O=C1CSc2cc3c(cc21)oc1ccccc13.O=C1CSc2cc3c(cc21)sc1ccccc13.O=C1CSc2cc3ccccc3cc21.O=C1CSc2ccc3ccccc3c21. The maximum absolute atomic E-state index is 11.9. The molecule has 24 rings (SSSR count). The number of hydrogen-bond acceptors (Lipinski definition) is 18. The number of thiophene rings is 1. The van der Waals surface area contributed by atoms with Crippen LogP contribution < -0.4 is 9.47 Å². The van der Waals surface area contributed by atoms with Gasteiger partial charge in [0.1, 0.15) is 11.2 Å². The molecule has 0 bridgehead atoms. The van der Waals surface area contributed by atoms with Crippen molar-refractivity contribution in [1.29, 1.82) is 0 Å². The molecule has 8 aliphatic heterocycles. The molecule has 16 aromatic rings. The van der Waals surface area contributed by atoms with Crippen molar-refractivity contribution in [3.05, 3.63) is 269 Å². The van der Waals surface area contributed by atoms with Gasteiger partial charge in [-0.05, 0) is 130 Å². The zero-order valence-corrected chi connectivity index (χ0v) is 64.1. The molecule has 0 radical (unpaired) electrons. The van der Waals surface area contributed by atoms with Gasteiger partial charge >= 0.3 is 0 Å². The van der Waals surface area contributed by atoms with Crippen LogP contribution in [0.4, 0.5) is 0 Å². The molecule has 19 heteroatoms. The second-order valence-electron chi connectivity index (χ2n) is 26.2. The topological polar surface area (TPSA) is 156 Å². The lowest BCUT2D eigenvalue weighted by Gasteiger charge is -2.04. The highest BCUT2D eigenvalue weighted by Crippen LogP contribution is 2.46. The zero-order chi connectivity index (χ0) is 73.3. The summed E-state index contributed by atoms with van der Waals surface area (Å²) in [6.07, 6.45) is 0. The number of ketones is 7. The van der Waals surface area contributed by atoms with Crippen LogP contribution >= 0.6 is 93.7 Å². The van der Waals surface area contributed by atoms with Crippen molar-refractivity contribution in [2.45, 2.75) is 47.7 Å². The quantitative estimate of drug-likeness (QED) is 0.153. The summed E-state index contributed by atoms with van der Waals surface area (Å²) in [5, 5.41) is 14.4. The number of thioether (sulfide) groups is 7. The summed E-state index contributed by atoms with van der Waals surface area (Å²) >= 11 is 13.2. The second-order valence-corrected chi connectivity index (χ2v) is 34.4. The molecule has 0 saturated heterocycles. The minimum Gasteiger partial charge on any atom is -0.456 e. The fourth-order valence-electron chi connectivity index (χ4n) is 14.6. The Morgan fingerprint density at radius 1 is 0.306 bits per heavy atom. The van der Waals surface area contributed by atoms with Crippen LogP contribution in [0, 0.1) is 0 Å². The number of furan rings is 1. The summed E-state index contributed by atoms with van der Waals surface area (Å²) in [5.41, 5.74) is 10.2. The van der Waals surface area contributed by atoms with E-state index in [1.807, 2.05) is 109 Å². The van der Waals surface area contributed by atoms with Gasteiger partial charge in [0.15, 0.2) is 52.0 Å². The van der Waals surface area contributed by atoms with Crippen molar-refractivity contribution in [2.75, 3.05) is 47.1 Å². The molecule has 0 atom stereocenters. The van der Waals surface area contributed by atoms with Crippen LogP contribution in [-0.2, 0) is 6.54 Å². The first-order chi connectivity index (χ1) is 52.9. The molecule has 3 aromatic heterocycles. The van der Waals surface area contributed by atoms with E-state index in [2.05, 4.69) is 127 Å². The van der Waals surface area contributed by atoms with E-state index in [-0.39, 0.29) is 47.3 Å². The molecule has 0 spiro atoms. The number of carbonyl (C=O) groups is 7. The molecule has 0 aliphatic carbocycles. The minimum absolute atomic E-state index is 0.179. The average Bonchev–Trinajstić information content (AvgIpc) is 1.61. The van der Waals surface area contributed by atoms with Gasteiger partial charge < -0.3 is 18.5 Å². The first-order valence-electron chi connectivity index (χ1n) is 34.9. The van der Waals surface area contributed by atoms with Gasteiger partial charge in [0.2, 0.25) is 6.79 Å². The number of benzene rings is 13. The highest BCUT2D eigenvalue weighted by molar-refractivity contribution is 8.02. The third-order valence-electron chi connectivity index (χ3n) is 19.8.